The number of carboxylic acid groups (broad SMARTS) is 1. The van der Waals surface area contributed by atoms with Crippen LogP contribution in [0.3, 0.4) is 0 Å². The minimum absolute atomic E-state index is 0.120. The van der Waals surface area contributed by atoms with Crippen LogP contribution >= 0.6 is 0 Å². The van der Waals surface area contributed by atoms with E-state index in [1.165, 1.54) is 0 Å². The van der Waals surface area contributed by atoms with Crippen LogP contribution in [0.1, 0.15) is 25.0 Å². The second-order valence-corrected chi connectivity index (χ2v) is 6.58. The normalized spacial score (nSPS) is 26.6. The molecule has 0 radical (unpaired) electrons. The number of nitrogens with one attached hydrogen (secondary N) is 1. The van der Waals surface area contributed by atoms with E-state index in [9.17, 15) is 14.7 Å². The van der Waals surface area contributed by atoms with Crippen LogP contribution in [-0.2, 0) is 16.0 Å². The summed E-state index contributed by atoms with van der Waals surface area (Å²) in [5.41, 5.74) is 1.58. The Bertz CT molecular complexity index is 769. The van der Waals surface area contributed by atoms with Gasteiger partial charge in [-0.05, 0) is 30.7 Å². The fourth-order valence-electron chi connectivity index (χ4n) is 4.28. The molecule has 0 bridgehead atoms. The highest BCUT2D eigenvalue weighted by atomic mass is 16.4. The zero-order valence-electron chi connectivity index (χ0n) is 12.7. The summed E-state index contributed by atoms with van der Waals surface area (Å²) in [6.45, 7) is 0.576. The highest BCUT2D eigenvalue weighted by molar-refractivity contribution is 5.90. The SMILES string of the molecule is O=C(O)C1C2CCCC2CN1C(=O)Cc1[nH]nc2ccccc12. The lowest BCUT2D eigenvalue weighted by Crippen LogP contribution is -2.44. The quantitative estimate of drug-likeness (QED) is 0.905. The Morgan fingerprint density at radius 1 is 1.30 bits per heavy atom. The first kappa shape index (κ1) is 14.2. The Hall–Kier alpha value is -2.37. The maximum absolute atomic E-state index is 12.7. The van der Waals surface area contributed by atoms with Crippen LogP contribution in [0.4, 0.5) is 0 Å². The molecule has 2 aliphatic rings. The third kappa shape index (κ3) is 2.29. The molecule has 1 aliphatic heterocycles. The summed E-state index contributed by atoms with van der Waals surface area (Å²) >= 11 is 0. The van der Waals surface area contributed by atoms with Gasteiger partial charge in [0, 0.05) is 11.9 Å². The molecule has 23 heavy (non-hydrogen) atoms. The molecule has 2 N–H and O–H groups in total. The molecular formula is C17H19N3O3. The first-order valence-corrected chi connectivity index (χ1v) is 8.09. The Labute approximate surface area is 133 Å². The van der Waals surface area contributed by atoms with Gasteiger partial charge in [0.05, 0.1) is 17.6 Å². The number of amides is 1. The lowest BCUT2D eigenvalue weighted by Gasteiger charge is -2.24. The van der Waals surface area contributed by atoms with Gasteiger partial charge in [-0.3, -0.25) is 9.89 Å². The summed E-state index contributed by atoms with van der Waals surface area (Å²) in [5.74, 6) is -0.531. The molecule has 4 rings (SSSR count). The van der Waals surface area contributed by atoms with Gasteiger partial charge in [-0.25, -0.2) is 4.79 Å². The number of para-hydroxylation sites is 1. The van der Waals surface area contributed by atoms with Crippen molar-refractivity contribution in [3.63, 3.8) is 0 Å². The van der Waals surface area contributed by atoms with Crippen LogP contribution in [0, 0.1) is 11.8 Å². The fourth-order valence-corrected chi connectivity index (χ4v) is 4.28. The van der Waals surface area contributed by atoms with Crippen LogP contribution in [-0.4, -0.2) is 44.7 Å². The van der Waals surface area contributed by atoms with E-state index in [1.807, 2.05) is 24.3 Å². The second-order valence-electron chi connectivity index (χ2n) is 6.58. The van der Waals surface area contributed by atoms with E-state index in [0.29, 0.717) is 12.5 Å². The zero-order chi connectivity index (χ0) is 16.0. The molecule has 1 aliphatic carbocycles. The molecule has 6 nitrogen and oxygen atoms in total. The number of aliphatic carboxylic acids is 1. The number of aromatic nitrogens is 2. The van der Waals surface area contributed by atoms with Gasteiger partial charge in [0.2, 0.25) is 5.91 Å². The Morgan fingerprint density at radius 2 is 2.13 bits per heavy atom. The van der Waals surface area contributed by atoms with Gasteiger partial charge in [-0.2, -0.15) is 5.10 Å². The Morgan fingerprint density at radius 3 is 2.96 bits per heavy atom. The van der Waals surface area contributed by atoms with Crippen molar-refractivity contribution in [2.45, 2.75) is 31.7 Å². The van der Waals surface area contributed by atoms with Crippen molar-refractivity contribution in [3.05, 3.63) is 30.0 Å². The highest BCUT2D eigenvalue weighted by Gasteiger charge is 2.49. The molecule has 3 unspecified atom stereocenters. The van der Waals surface area contributed by atoms with Crippen LogP contribution in [0.15, 0.2) is 24.3 Å². The highest BCUT2D eigenvalue weighted by Crippen LogP contribution is 2.42. The van der Waals surface area contributed by atoms with E-state index in [-0.39, 0.29) is 18.2 Å². The number of hydrogen-bond acceptors (Lipinski definition) is 3. The predicted octanol–water partition coefficient (Wildman–Crippen LogP) is 1.82. The fraction of sp³-hybridized carbons (Fsp3) is 0.471. The lowest BCUT2D eigenvalue weighted by atomic mass is 9.94. The third-order valence-electron chi connectivity index (χ3n) is 5.33. The smallest absolute Gasteiger partial charge is 0.326 e. The van der Waals surface area contributed by atoms with E-state index in [0.717, 1.165) is 35.9 Å². The first-order valence-electron chi connectivity index (χ1n) is 8.09. The number of H-pyrrole nitrogens is 1. The summed E-state index contributed by atoms with van der Waals surface area (Å²) in [6, 6.07) is 6.96. The monoisotopic (exact) mass is 313 g/mol. The number of aromatic amines is 1. The van der Waals surface area contributed by atoms with E-state index >= 15 is 0 Å². The molecular weight excluding hydrogens is 294 g/mol. The summed E-state index contributed by atoms with van der Waals surface area (Å²) in [5, 5.41) is 17.6. The van der Waals surface area contributed by atoms with Crippen molar-refractivity contribution in [3.8, 4) is 0 Å². The van der Waals surface area contributed by atoms with Crippen LogP contribution < -0.4 is 0 Å². The minimum atomic E-state index is -0.873. The second kappa shape index (κ2) is 5.37. The van der Waals surface area contributed by atoms with Crippen molar-refractivity contribution in [1.29, 1.82) is 0 Å². The van der Waals surface area contributed by atoms with Crippen LogP contribution in [0.25, 0.3) is 10.9 Å². The summed E-state index contributed by atoms with van der Waals surface area (Å²) in [6.07, 6.45) is 3.19. The molecule has 2 fully saturated rings. The van der Waals surface area contributed by atoms with Crippen molar-refractivity contribution >= 4 is 22.8 Å². The van der Waals surface area contributed by atoms with E-state index in [2.05, 4.69) is 10.2 Å². The lowest BCUT2D eigenvalue weighted by molar-refractivity contribution is -0.149. The average Bonchev–Trinajstić information content (AvgIpc) is 3.20. The molecule has 0 spiro atoms. The van der Waals surface area contributed by atoms with Crippen molar-refractivity contribution in [2.75, 3.05) is 6.54 Å². The molecule has 2 heterocycles. The molecule has 1 saturated heterocycles. The third-order valence-corrected chi connectivity index (χ3v) is 5.33. The molecule has 6 heteroatoms. The number of carbonyl (C=O) groups excluding carboxylic acids is 1. The molecule has 3 atom stereocenters. The van der Waals surface area contributed by atoms with Crippen LogP contribution in [0.5, 0.6) is 0 Å². The topological polar surface area (TPSA) is 86.3 Å². The summed E-state index contributed by atoms with van der Waals surface area (Å²) < 4.78 is 0. The molecule has 1 aromatic heterocycles. The zero-order valence-corrected chi connectivity index (χ0v) is 12.7. The molecule has 120 valence electrons. The Balaban J connectivity index is 1.58. The maximum Gasteiger partial charge on any atom is 0.326 e. The molecule has 1 aromatic carbocycles. The number of carboxylic acids is 1. The predicted molar refractivity (Wildman–Crippen MR) is 83.8 cm³/mol. The van der Waals surface area contributed by atoms with Gasteiger partial charge in [-0.15, -0.1) is 0 Å². The number of nitrogens with zero attached hydrogens (tertiary/aromatic N) is 2. The van der Waals surface area contributed by atoms with Gasteiger partial charge in [-0.1, -0.05) is 24.6 Å². The summed E-state index contributed by atoms with van der Waals surface area (Å²) in [7, 11) is 0. The van der Waals surface area contributed by atoms with Gasteiger partial charge in [0.15, 0.2) is 0 Å². The van der Waals surface area contributed by atoms with Gasteiger partial charge < -0.3 is 10.0 Å². The average molecular weight is 313 g/mol. The Kier molecular flexibility index (Phi) is 3.32. The number of benzene rings is 1. The number of fused-ring (bicyclic) bond motifs is 2. The largest absolute Gasteiger partial charge is 0.480 e. The van der Waals surface area contributed by atoms with Crippen molar-refractivity contribution in [1.82, 2.24) is 15.1 Å². The number of carbonyl (C=O) groups is 2. The van der Waals surface area contributed by atoms with Crippen LogP contribution in [0.2, 0.25) is 0 Å². The molecule has 1 amide bonds. The van der Waals surface area contributed by atoms with Gasteiger partial charge >= 0.3 is 5.97 Å². The minimum Gasteiger partial charge on any atom is -0.480 e. The molecule has 2 aromatic rings. The maximum atomic E-state index is 12.7. The first-order chi connectivity index (χ1) is 11.1. The van der Waals surface area contributed by atoms with E-state index < -0.39 is 12.0 Å². The number of rotatable bonds is 3. The number of hydrogen-bond donors (Lipinski definition) is 2. The number of likely N-dealkylation sites (tertiary alicyclic amines) is 1. The molecule has 1 saturated carbocycles. The summed E-state index contributed by atoms with van der Waals surface area (Å²) in [4.78, 5) is 26.0. The van der Waals surface area contributed by atoms with Crippen molar-refractivity contribution < 1.29 is 14.7 Å². The van der Waals surface area contributed by atoms with E-state index in [4.69, 9.17) is 0 Å². The van der Waals surface area contributed by atoms with Crippen molar-refractivity contribution in [2.24, 2.45) is 11.8 Å². The standard InChI is InChI=1S/C17H19N3O3/c21-15(8-14-12-5-1-2-7-13(12)18-19-14)20-9-10-4-3-6-11(10)16(20)17(22)23/h1-2,5,7,10-11,16H,3-4,6,8-9H2,(H,18,19)(H,22,23). The van der Waals surface area contributed by atoms with Gasteiger partial charge in [0.1, 0.15) is 6.04 Å². The van der Waals surface area contributed by atoms with Gasteiger partial charge in [0.25, 0.3) is 0 Å². The van der Waals surface area contributed by atoms with E-state index in [1.54, 1.807) is 4.90 Å².